The molecule has 0 aromatic heterocycles. The molecule has 5 nitrogen and oxygen atoms in total. The third-order valence-corrected chi connectivity index (χ3v) is 2.10. The third kappa shape index (κ3) is 6.68. The molecule has 0 saturated heterocycles. The van der Waals surface area contributed by atoms with Crippen LogP contribution in [0.2, 0.25) is 0 Å². The van der Waals surface area contributed by atoms with E-state index >= 15 is 0 Å². The van der Waals surface area contributed by atoms with Crippen molar-refractivity contribution in [1.82, 2.24) is 9.80 Å². The number of carbonyl (C=O) groups is 1. The molecular weight excluding hydrogens is 182 g/mol. The first kappa shape index (κ1) is 13.2. The van der Waals surface area contributed by atoms with Gasteiger partial charge in [-0.3, -0.25) is 0 Å². The van der Waals surface area contributed by atoms with Gasteiger partial charge in [0.25, 0.3) is 0 Å². The topological polar surface area (TPSA) is 69.8 Å². The summed E-state index contributed by atoms with van der Waals surface area (Å²) < 4.78 is 0. The average molecular weight is 203 g/mol. The van der Waals surface area contributed by atoms with Crippen LogP contribution in [-0.4, -0.2) is 61.3 Å². The van der Waals surface area contributed by atoms with Crippen molar-refractivity contribution in [3.8, 4) is 0 Å². The van der Waals surface area contributed by atoms with E-state index in [0.717, 1.165) is 25.9 Å². The van der Waals surface area contributed by atoms with E-state index in [4.69, 9.17) is 10.8 Å². The zero-order valence-electron chi connectivity index (χ0n) is 9.07. The van der Waals surface area contributed by atoms with Crippen LogP contribution >= 0.6 is 0 Å². The van der Waals surface area contributed by atoms with E-state index in [9.17, 15) is 4.79 Å². The SMILES string of the molecule is CN(CCCN)CCCN(C)C(=O)O. The minimum atomic E-state index is -0.866. The van der Waals surface area contributed by atoms with E-state index in [0.29, 0.717) is 13.1 Å². The van der Waals surface area contributed by atoms with Crippen LogP contribution in [0.4, 0.5) is 4.79 Å². The Morgan fingerprint density at radius 1 is 1.21 bits per heavy atom. The van der Waals surface area contributed by atoms with Crippen LogP contribution in [0, 0.1) is 0 Å². The van der Waals surface area contributed by atoms with E-state index in [1.54, 1.807) is 7.05 Å². The largest absolute Gasteiger partial charge is 0.465 e. The Hall–Kier alpha value is -0.810. The maximum Gasteiger partial charge on any atom is 0.407 e. The fraction of sp³-hybridized carbons (Fsp3) is 0.889. The van der Waals surface area contributed by atoms with Gasteiger partial charge in [0.1, 0.15) is 0 Å². The summed E-state index contributed by atoms with van der Waals surface area (Å²) in [4.78, 5) is 13.9. The first-order chi connectivity index (χ1) is 6.57. The van der Waals surface area contributed by atoms with Crippen molar-refractivity contribution < 1.29 is 9.90 Å². The molecule has 0 heterocycles. The lowest BCUT2D eigenvalue weighted by molar-refractivity contribution is 0.153. The van der Waals surface area contributed by atoms with Gasteiger partial charge < -0.3 is 20.6 Å². The molecule has 0 rings (SSSR count). The van der Waals surface area contributed by atoms with Gasteiger partial charge in [-0.25, -0.2) is 4.79 Å². The van der Waals surface area contributed by atoms with Gasteiger partial charge in [-0.05, 0) is 39.5 Å². The highest BCUT2D eigenvalue weighted by atomic mass is 16.4. The van der Waals surface area contributed by atoms with E-state index in [1.807, 2.05) is 7.05 Å². The molecule has 3 N–H and O–H groups in total. The summed E-state index contributed by atoms with van der Waals surface area (Å²) in [5.74, 6) is 0. The molecule has 0 radical (unpaired) electrons. The molecule has 84 valence electrons. The summed E-state index contributed by atoms with van der Waals surface area (Å²) in [7, 11) is 3.61. The zero-order valence-corrected chi connectivity index (χ0v) is 9.07. The van der Waals surface area contributed by atoms with Crippen LogP contribution in [0.15, 0.2) is 0 Å². The Morgan fingerprint density at radius 2 is 1.79 bits per heavy atom. The molecule has 0 aliphatic rings. The molecule has 0 aromatic carbocycles. The fourth-order valence-corrected chi connectivity index (χ4v) is 1.15. The van der Waals surface area contributed by atoms with Crippen LogP contribution in [0.3, 0.4) is 0 Å². The molecule has 0 aliphatic heterocycles. The Morgan fingerprint density at radius 3 is 2.29 bits per heavy atom. The quantitative estimate of drug-likeness (QED) is 0.623. The maximum absolute atomic E-state index is 10.4. The minimum Gasteiger partial charge on any atom is -0.465 e. The third-order valence-electron chi connectivity index (χ3n) is 2.10. The molecule has 5 heteroatoms. The van der Waals surface area contributed by atoms with Crippen molar-refractivity contribution >= 4 is 6.09 Å². The zero-order chi connectivity index (χ0) is 11.0. The minimum absolute atomic E-state index is 0.586. The summed E-state index contributed by atoms with van der Waals surface area (Å²) in [6.45, 7) is 3.19. The maximum atomic E-state index is 10.4. The van der Waals surface area contributed by atoms with Crippen LogP contribution < -0.4 is 5.73 Å². The van der Waals surface area contributed by atoms with Crippen molar-refractivity contribution in [2.45, 2.75) is 12.8 Å². The highest BCUT2D eigenvalue weighted by Gasteiger charge is 2.04. The molecule has 0 spiro atoms. The standard InChI is InChI=1S/C9H21N3O2/c1-11(6-3-5-10)7-4-8-12(2)9(13)14/h3-8,10H2,1-2H3,(H,13,14). The average Bonchev–Trinajstić information content (AvgIpc) is 2.14. The second-order valence-corrected chi connectivity index (χ2v) is 3.50. The summed E-state index contributed by atoms with van der Waals surface area (Å²) in [6.07, 6.45) is 0.990. The number of hydrogen-bond donors (Lipinski definition) is 2. The first-order valence-corrected chi connectivity index (χ1v) is 4.90. The molecule has 0 atom stereocenters. The molecule has 0 unspecified atom stereocenters. The number of amides is 1. The highest BCUT2D eigenvalue weighted by molar-refractivity contribution is 5.64. The van der Waals surface area contributed by atoms with Crippen LogP contribution in [0.25, 0.3) is 0 Å². The monoisotopic (exact) mass is 203 g/mol. The molecular formula is C9H21N3O2. The number of hydrogen-bond acceptors (Lipinski definition) is 3. The van der Waals surface area contributed by atoms with Crippen LogP contribution in [0.1, 0.15) is 12.8 Å². The van der Waals surface area contributed by atoms with Gasteiger partial charge in [-0.1, -0.05) is 0 Å². The number of carboxylic acid groups (broad SMARTS) is 1. The lowest BCUT2D eigenvalue weighted by Crippen LogP contribution is -2.29. The van der Waals surface area contributed by atoms with Crippen molar-refractivity contribution in [2.24, 2.45) is 5.73 Å². The molecule has 0 aromatic rings. The molecule has 14 heavy (non-hydrogen) atoms. The van der Waals surface area contributed by atoms with Gasteiger partial charge in [0, 0.05) is 13.6 Å². The smallest absolute Gasteiger partial charge is 0.407 e. The highest BCUT2D eigenvalue weighted by Crippen LogP contribution is 1.92. The number of nitrogens with two attached hydrogens (primary N) is 1. The number of nitrogens with zero attached hydrogens (tertiary/aromatic N) is 2. The van der Waals surface area contributed by atoms with Crippen molar-refractivity contribution in [1.29, 1.82) is 0 Å². The fourth-order valence-electron chi connectivity index (χ4n) is 1.15. The predicted octanol–water partition coefficient (Wildman–Crippen LogP) is 0.267. The second kappa shape index (κ2) is 7.58. The van der Waals surface area contributed by atoms with E-state index in [1.165, 1.54) is 4.90 Å². The van der Waals surface area contributed by atoms with Gasteiger partial charge in [-0.15, -0.1) is 0 Å². The van der Waals surface area contributed by atoms with Crippen LogP contribution in [0.5, 0.6) is 0 Å². The Kier molecular flexibility index (Phi) is 7.14. The Labute approximate surface area is 85.5 Å². The molecule has 0 bridgehead atoms. The lowest BCUT2D eigenvalue weighted by atomic mass is 10.3. The van der Waals surface area contributed by atoms with Crippen molar-refractivity contribution in [3.63, 3.8) is 0 Å². The van der Waals surface area contributed by atoms with Gasteiger partial charge >= 0.3 is 6.09 Å². The molecule has 0 fully saturated rings. The second-order valence-electron chi connectivity index (χ2n) is 3.50. The predicted molar refractivity (Wildman–Crippen MR) is 56.4 cm³/mol. The summed E-state index contributed by atoms with van der Waals surface area (Å²) >= 11 is 0. The van der Waals surface area contributed by atoms with E-state index < -0.39 is 6.09 Å². The van der Waals surface area contributed by atoms with Crippen LogP contribution in [-0.2, 0) is 0 Å². The van der Waals surface area contributed by atoms with E-state index in [2.05, 4.69) is 4.90 Å². The summed E-state index contributed by atoms with van der Waals surface area (Å²) in [5.41, 5.74) is 5.38. The first-order valence-electron chi connectivity index (χ1n) is 4.90. The Bertz CT molecular complexity index is 164. The summed E-state index contributed by atoms with van der Waals surface area (Å²) in [6, 6.07) is 0. The lowest BCUT2D eigenvalue weighted by Gasteiger charge is -2.18. The molecule has 0 saturated carbocycles. The molecule has 1 amide bonds. The van der Waals surface area contributed by atoms with Gasteiger partial charge in [-0.2, -0.15) is 0 Å². The van der Waals surface area contributed by atoms with Crippen molar-refractivity contribution in [3.05, 3.63) is 0 Å². The normalized spacial score (nSPS) is 10.6. The van der Waals surface area contributed by atoms with Crippen molar-refractivity contribution in [2.75, 3.05) is 40.3 Å². The summed E-state index contributed by atoms with van der Waals surface area (Å²) in [5, 5.41) is 8.58. The van der Waals surface area contributed by atoms with Gasteiger partial charge in [0.2, 0.25) is 0 Å². The van der Waals surface area contributed by atoms with E-state index in [-0.39, 0.29) is 0 Å². The number of rotatable bonds is 7. The van der Waals surface area contributed by atoms with Gasteiger partial charge in [0.15, 0.2) is 0 Å². The molecule has 0 aliphatic carbocycles. The van der Waals surface area contributed by atoms with Gasteiger partial charge in [0.05, 0.1) is 0 Å². The Balaban J connectivity index is 3.39.